The lowest BCUT2D eigenvalue weighted by Gasteiger charge is -2.35. The summed E-state index contributed by atoms with van der Waals surface area (Å²) < 4.78 is 0. The van der Waals surface area contributed by atoms with Gasteiger partial charge in [0, 0.05) is 19.0 Å². The molecule has 5 heteroatoms. The highest BCUT2D eigenvalue weighted by Crippen LogP contribution is 2.33. The maximum atomic E-state index is 12.9. The van der Waals surface area contributed by atoms with Crippen molar-refractivity contribution in [1.29, 1.82) is 0 Å². The molecule has 0 aromatic heterocycles. The SMILES string of the molecule is CCC(=O)N(CCc1ccccc1)C1CCc2cc(N3C(=O)c4ccccc4C3=O)ccc2C1. The fraction of sp³-hybridized carbons (Fsp3) is 0.276. The normalized spacial score (nSPS) is 16.9. The Hall–Kier alpha value is -3.73. The maximum Gasteiger partial charge on any atom is 0.266 e. The Bertz CT molecular complexity index is 1220. The molecule has 2 aliphatic rings. The van der Waals surface area contributed by atoms with E-state index in [0.717, 1.165) is 31.2 Å². The molecule has 0 fully saturated rings. The van der Waals surface area contributed by atoms with Gasteiger partial charge in [-0.25, -0.2) is 4.90 Å². The van der Waals surface area contributed by atoms with Gasteiger partial charge in [-0.05, 0) is 66.6 Å². The maximum absolute atomic E-state index is 12.9. The van der Waals surface area contributed by atoms with Crippen LogP contribution in [0, 0.1) is 0 Å². The third-order valence-corrected chi connectivity index (χ3v) is 6.99. The minimum atomic E-state index is -0.269. The van der Waals surface area contributed by atoms with Gasteiger partial charge in [0.2, 0.25) is 5.91 Å². The molecule has 3 aromatic rings. The number of nitrogens with zero attached hydrogens (tertiary/aromatic N) is 2. The Labute approximate surface area is 200 Å². The number of aryl methyl sites for hydroxylation is 1. The largest absolute Gasteiger partial charge is 0.339 e. The number of benzene rings is 3. The van der Waals surface area contributed by atoms with Crippen LogP contribution in [0.4, 0.5) is 5.69 Å². The zero-order valence-corrected chi connectivity index (χ0v) is 19.4. The van der Waals surface area contributed by atoms with Crippen molar-refractivity contribution >= 4 is 23.4 Å². The molecule has 0 N–H and O–H groups in total. The van der Waals surface area contributed by atoms with E-state index in [2.05, 4.69) is 12.1 Å². The van der Waals surface area contributed by atoms with Gasteiger partial charge in [-0.15, -0.1) is 0 Å². The van der Waals surface area contributed by atoms with Gasteiger partial charge < -0.3 is 4.90 Å². The summed E-state index contributed by atoms with van der Waals surface area (Å²) >= 11 is 0. The van der Waals surface area contributed by atoms with Crippen LogP contribution in [0.2, 0.25) is 0 Å². The number of hydrogen-bond donors (Lipinski definition) is 0. The van der Waals surface area contributed by atoms with Crippen molar-refractivity contribution < 1.29 is 14.4 Å². The van der Waals surface area contributed by atoms with Crippen LogP contribution < -0.4 is 4.90 Å². The predicted molar refractivity (Wildman–Crippen MR) is 132 cm³/mol. The fourth-order valence-electron chi connectivity index (χ4n) is 5.16. The van der Waals surface area contributed by atoms with E-state index < -0.39 is 0 Å². The zero-order valence-electron chi connectivity index (χ0n) is 19.4. The molecule has 0 radical (unpaired) electrons. The monoisotopic (exact) mass is 452 g/mol. The standard InChI is InChI=1S/C29H28N2O3/c1-2-27(32)30(17-16-20-8-4-3-5-9-20)23-14-12-22-19-24(15-13-21(22)18-23)31-28(33)25-10-6-7-11-26(25)29(31)34/h3-11,13,15,19,23H,2,12,14,16-18H2,1H3. The summed E-state index contributed by atoms with van der Waals surface area (Å²) in [6.45, 7) is 2.63. The molecule has 1 aliphatic carbocycles. The van der Waals surface area contributed by atoms with Crippen molar-refractivity contribution in [2.45, 2.75) is 45.1 Å². The van der Waals surface area contributed by atoms with Gasteiger partial charge in [0.15, 0.2) is 0 Å². The van der Waals surface area contributed by atoms with E-state index >= 15 is 0 Å². The molecule has 172 valence electrons. The van der Waals surface area contributed by atoms with Crippen molar-refractivity contribution in [2.75, 3.05) is 11.4 Å². The molecule has 0 saturated carbocycles. The first-order valence-electron chi connectivity index (χ1n) is 12.0. The number of carbonyl (C=O) groups is 3. The smallest absolute Gasteiger partial charge is 0.266 e. The number of imide groups is 1. The Morgan fingerprint density at radius 2 is 1.59 bits per heavy atom. The number of hydrogen-bond acceptors (Lipinski definition) is 3. The fourth-order valence-corrected chi connectivity index (χ4v) is 5.16. The van der Waals surface area contributed by atoms with Gasteiger partial charge in [-0.2, -0.15) is 0 Å². The second kappa shape index (κ2) is 9.26. The summed E-state index contributed by atoms with van der Waals surface area (Å²) in [5.41, 5.74) is 5.10. The Balaban J connectivity index is 1.34. The van der Waals surface area contributed by atoms with Gasteiger partial charge in [-0.1, -0.05) is 55.5 Å². The van der Waals surface area contributed by atoms with E-state index in [0.29, 0.717) is 29.8 Å². The van der Waals surface area contributed by atoms with Crippen LogP contribution in [-0.4, -0.2) is 35.2 Å². The van der Waals surface area contributed by atoms with Gasteiger partial charge in [0.1, 0.15) is 0 Å². The molecule has 3 aromatic carbocycles. The number of anilines is 1. The molecular formula is C29H28N2O3. The minimum Gasteiger partial charge on any atom is -0.339 e. The molecule has 0 bridgehead atoms. The lowest BCUT2D eigenvalue weighted by atomic mass is 9.86. The summed E-state index contributed by atoms with van der Waals surface area (Å²) in [7, 11) is 0. The second-order valence-electron chi connectivity index (χ2n) is 9.02. The molecular weight excluding hydrogens is 424 g/mol. The Kier molecular flexibility index (Phi) is 6.01. The number of amides is 3. The van der Waals surface area contributed by atoms with Crippen LogP contribution >= 0.6 is 0 Å². The first kappa shape index (κ1) is 22.1. The third kappa shape index (κ3) is 4.03. The highest BCUT2D eigenvalue weighted by Gasteiger charge is 2.37. The highest BCUT2D eigenvalue weighted by molar-refractivity contribution is 6.34. The van der Waals surface area contributed by atoms with Crippen LogP contribution in [0.3, 0.4) is 0 Å². The topological polar surface area (TPSA) is 57.7 Å². The van der Waals surface area contributed by atoms with Crippen molar-refractivity contribution in [1.82, 2.24) is 4.90 Å². The van der Waals surface area contributed by atoms with E-state index in [1.54, 1.807) is 24.3 Å². The van der Waals surface area contributed by atoms with Crippen molar-refractivity contribution in [2.24, 2.45) is 0 Å². The van der Waals surface area contributed by atoms with Crippen LogP contribution in [0.1, 0.15) is 57.2 Å². The van der Waals surface area contributed by atoms with Gasteiger partial charge in [0.25, 0.3) is 11.8 Å². The minimum absolute atomic E-state index is 0.161. The molecule has 1 aliphatic heterocycles. The lowest BCUT2D eigenvalue weighted by Crippen LogP contribution is -2.44. The van der Waals surface area contributed by atoms with Crippen molar-refractivity contribution in [3.05, 3.63) is 101 Å². The van der Waals surface area contributed by atoms with Crippen LogP contribution in [0.15, 0.2) is 72.8 Å². The first-order valence-corrected chi connectivity index (χ1v) is 12.0. The van der Waals surface area contributed by atoms with Crippen LogP contribution in [0.5, 0.6) is 0 Å². The molecule has 34 heavy (non-hydrogen) atoms. The molecule has 1 heterocycles. The zero-order chi connectivity index (χ0) is 23.7. The van der Waals surface area contributed by atoms with E-state index in [4.69, 9.17) is 0 Å². The third-order valence-electron chi connectivity index (χ3n) is 6.99. The molecule has 0 spiro atoms. The molecule has 5 rings (SSSR count). The number of fused-ring (bicyclic) bond motifs is 2. The van der Waals surface area contributed by atoms with Gasteiger partial charge in [0.05, 0.1) is 16.8 Å². The average Bonchev–Trinajstić information content (AvgIpc) is 3.14. The van der Waals surface area contributed by atoms with E-state index in [1.807, 2.05) is 48.2 Å². The van der Waals surface area contributed by atoms with E-state index in [9.17, 15) is 14.4 Å². The summed E-state index contributed by atoms with van der Waals surface area (Å²) in [6, 6.07) is 23.3. The average molecular weight is 453 g/mol. The summed E-state index contributed by atoms with van der Waals surface area (Å²) in [5.74, 6) is -0.350. The Morgan fingerprint density at radius 3 is 2.26 bits per heavy atom. The van der Waals surface area contributed by atoms with Crippen LogP contribution in [0.25, 0.3) is 0 Å². The number of carbonyl (C=O) groups excluding carboxylic acids is 3. The molecule has 5 nitrogen and oxygen atoms in total. The van der Waals surface area contributed by atoms with Crippen molar-refractivity contribution in [3.8, 4) is 0 Å². The molecule has 1 atom stereocenters. The molecule has 0 saturated heterocycles. The molecule has 3 amide bonds. The summed E-state index contributed by atoms with van der Waals surface area (Å²) in [6.07, 6.45) is 3.82. The summed E-state index contributed by atoms with van der Waals surface area (Å²) in [5, 5.41) is 0. The Morgan fingerprint density at radius 1 is 0.912 bits per heavy atom. The van der Waals surface area contributed by atoms with Gasteiger partial charge in [-0.3, -0.25) is 14.4 Å². The molecule has 1 unspecified atom stereocenters. The second-order valence-corrected chi connectivity index (χ2v) is 9.02. The first-order chi connectivity index (χ1) is 16.6. The quantitative estimate of drug-likeness (QED) is 0.504. The summed E-state index contributed by atoms with van der Waals surface area (Å²) in [4.78, 5) is 41.9. The van der Waals surface area contributed by atoms with E-state index in [1.165, 1.54) is 16.0 Å². The van der Waals surface area contributed by atoms with E-state index in [-0.39, 0.29) is 23.8 Å². The van der Waals surface area contributed by atoms with Gasteiger partial charge >= 0.3 is 0 Å². The van der Waals surface area contributed by atoms with Crippen molar-refractivity contribution in [3.63, 3.8) is 0 Å². The lowest BCUT2D eigenvalue weighted by molar-refractivity contribution is -0.133. The number of rotatable bonds is 6. The van der Waals surface area contributed by atoms with Crippen LogP contribution in [-0.2, 0) is 24.1 Å². The highest BCUT2D eigenvalue weighted by atomic mass is 16.2. The predicted octanol–water partition coefficient (Wildman–Crippen LogP) is 4.83.